The van der Waals surface area contributed by atoms with Crippen molar-refractivity contribution in [2.24, 2.45) is 0 Å². The summed E-state index contributed by atoms with van der Waals surface area (Å²) in [7, 11) is 1.71. The molecule has 0 atom stereocenters. The third kappa shape index (κ3) is 2.82. The van der Waals surface area contributed by atoms with Crippen molar-refractivity contribution >= 4 is 22.6 Å². The highest BCUT2D eigenvalue weighted by Gasteiger charge is 2.03. The Bertz CT molecular complexity index is 450. The molecule has 0 radical (unpaired) electrons. The second kappa shape index (κ2) is 5.45. The van der Waals surface area contributed by atoms with E-state index in [9.17, 15) is 0 Å². The first kappa shape index (κ1) is 11.6. The molecule has 1 aromatic heterocycles. The number of hydrogen-bond donors (Lipinski definition) is 0. The van der Waals surface area contributed by atoms with Gasteiger partial charge in [0.1, 0.15) is 12.0 Å². The van der Waals surface area contributed by atoms with Crippen LogP contribution in [0.1, 0.15) is 5.56 Å². The van der Waals surface area contributed by atoms with Crippen molar-refractivity contribution in [2.75, 3.05) is 13.7 Å². The van der Waals surface area contributed by atoms with Crippen LogP contribution in [0.3, 0.4) is 0 Å². The van der Waals surface area contributed by atoms with Gasteiger partial charge in [0.15, 0.2) is 0 Å². The smallest absolute Gasteiger partial charge is 0.257 e. The van der Waals surface area contributed by atoms with Crippen molar-refractivity contribution < 1.29 is 9.15 Å². The summed E-state index contributed by atoms with van der Waals surface area (Å²) in [6, 6.07) is 8.30. The number of methoxy groups -OCH3 is 1. The lowest BCUT2D eigenvalue weighted by molar-refractivity contribution is 0.202. The molecule has 2 aromatic rings. The average Bonchev–Trinajstić information content (AvgIpc) is 2.74. The normalized spacial score (nSPS) is 10.6. The summed E-state index contributed by atoms with van der Waals surface area (Å²) in [5.74, 6) is 0. The van der Waals surface area contributed by atoms with Crippen LogP contribution in [0.5, 0.6) is 0 Å². The number of oxazole rings is 1. The molecular formula is C12H12INO2. The van der Waals surface area contributed by atoms with E-state index in [1.807, 2.05) is 0 Å². The van der Waals surface area contributed by atoms with Gasteiger partial charge in [-0.15, -0.1) is 0 Å². The van der Waals surface area contributed by atoms with Gasteiger partial charge >= 0.3 is 0 Å². The molecule has 1 aromatic carbocycles. The van der Waals surface area contributed by atoms with Crippen LogP contribution in [-0.4, -0.2) is 18.7 Å². The van der Waals surface area contributed by atoms with Gasteiger partial charge in [-0.25, -0.2) is 4.98 Å². The molecule has 84 valence electrons. The van der Waals surface area contributed by atoms with Crippen molar-refractivity contribution in [3.05, 3.63) is 40.0 Å². The minimum Gasteiger partial charge on any atom is -0.440 e. The van der Waals surface area contributed by atoms with Crippen LogP contribution in [0.15, 0.2) is 34.9 Å². The fourth-order valence-electron chi connectivity index (χ4n) is 1.45. The fraction of sp³-hybridized carbons (Fsp3) is 0.250. The maximum Gasteiger partial charge on any atom is 0.257 e. The van der Waals surface area contributed by atoms with Crippen molar-refractivity contribution in [1.82, 2.24) is 4.98 Å². The van der Waals surface area contributed by atoms with Crippen LogP contribution in [0, 0.1) is 3.90 Å². The van der Waals surface area contributed by atoms with E-state index in [-0.39, 0.29) is 0 Å². The molecule has 0 spiro atoms. The van der Waals surface area contributed by atoms with E-state index in [1.165, 1.54) is 5.56 Å². The first-order valence-electron chi connectivity index (χ1n) is 4.99. The zero-order chi connectivity index (χ0) is 11.4. The van der Waals surface area contributed by atoms with Crippen molar-refractivity contribution in [3.63, 3.8) is 0 Å². The maximum atomic E-state index is 5.17. The van der Waals surface area contributed by atoms with E-state index >= 15 is 0 Å². The van der Waals surface area contributed by atoms with Crippen LogP contribution in [0.2, 0.25) is 0 Å². The molecule has 0 fully saturated rings. The summed E-state index contributed by atoms with van der Waals surface area (Å²) in [6.07, 6.45) is 2.61. The van der Waals surface area contributed by atoms with Crippen molar-refractivity contribution in [1.29, 1.82) is 0 Å². The summed E-state index contributed by atoms with van der Waals surface area (Å²) < 4.78 is 10.9. The number of hydrogen-bond acceptors (Lipinski definition) is 3. The van der Waals surface area contributed by atoms with Gasteiger partial charge in [0.25, 0.3) is 3.90 Å². The van der Waals surface area contributed by atoms with Gasteiger partial charge in [0.05, 0.1) is 6.61 Å². The molecule has 0 amide bonds. The van der Waals surface area contributed by atoms with E-state index < -0.39 is 0 Å². The lowest BCUT2D eigenvalue weighted by Crippen LogP contribution is -1.93. The Hall–Kier alpha value is -0.880. The van der Waals surface area contributed by atoms with E-state index in [1.54, 1.807) is 13.4 Å². The van der Waals surface area contributed by atoms with Gasteiger partial charge < -0.3 is 9.15 Å². The quantitative estimate of drug-likeness (QED) is 0.809. The Balaban J connectivity index is 2.13. The lowest BCUT2D eigenvalue weighted by atomic mass is 10.1. The zero-order valence-electron chi connectivity index (χ0n) is 8.94. The van der Waals surface area contributed by atoms with E-state index in [4.69, 9.17) is 9.15 Å². The number of rotatable bonds is 4. The van der Waals surface area contributed by atoms with Gasteiger partial charge in [-0.2, -0.15) is 0 Å². The predicted molar refractivity (Wildman–Crippen MR) is 70.2 cm³/mol. The molecule has 1 heterocycles. The number of halogens is 1. The standard InChI is InChI=1S/C12H12INO2/c1-15-7-6-9-2-4-10(5-3-9)11-8-16-12(13)14-11/h2-5,8H,6-7H2,1H3. The van der Waals surface area contributed by atoms with Gasteiger partial charge in [0.2, 0.25) is 0 Å². The Kier molecular flexibility index (Phi) is 3.95. The van der Waals surface area contributed by atoms with E-state index in [2.05, 4.69) is 51.8 Å². The second-order valence-electron chi connectivity index (χ2n) is 3.43. The largest absolute Gasteiger partial charge is 0.440 e. The Morgan fingerprint density at radius 2 is 2.06 bits per heavy atom. The molecule has 4 heteroatoms. The van der Waals surface area contributed by atoms with Gasteiger partial charge in [-0.3, -0.25) is 0 Å². The molecule has 16 heavy (non-hydrogen) atoms. The number of aromatic nitrogens is 1. The average molecular weight is 329 g/mol. The fourth-order valence-corrected chi connectivity index (χ4v) is 1.83. The highest BCUT2D eigenvalue weighted by Crippen LogP contribution is 2.19. The Labute approximate surface area is 108 Å². The molecule has 0 N–H and O–H groups in total. The summed E-state index contributed by atoms with van der Waals surface area (Å²) >= 11 is 2.06. The minimum atomic E-state index is 0.663. The summed E-state index contributed by atoms with van der Waals surface area (Å²) in [4.78, 5) is 4.27. The topological polar surface area (TPSA) is 35.3 Å². The highest BCUT2D eigenvalue weighted by atomic mass is 127. The summed E-state index contributed by atoms with van der Waals surface area (Å²) in [6.45, 7) is 0.751. The SMILES string of the molecule is COCCc1ccc(-c2coc(I)n2)cc1. The predicted octanol–water partition coefficient (Wildman–Crippen LogP) is 3.14. The molecule has 0 unspecified atom stereocenters. The van der Waals surface area contributed by atoms with Crippen molar-refractivity contribution in [2.45, 2.75) is 6.42 Å². The van der Waals surface area contributed by atoms with Crippen LogP contribution in [0.25, 0.3) is 11.3 Å². The third-order valence-corrected chi connectivity index (χ3v) is 2.82. The minimum absolute atomic E-state index is 0.663. The van der Waals surface area contributed by atoms with E-state index in [0.29, 0.717) is 3.90 Å². The maximum absolute atomic E-state index is 5.17. The van der Waals surface area contributed by atoms with E-state index in [0.717, 1.165) is 24.3 Å². The molecule has 0 aliphatic rings. The van der Waals surface area contributed by atoms with Crippen LogP contribution in [0.4, 0.5) is 0 Å². The molecule has 0 bridgehead atoms. The van der Waals surface area contributed by atoms with Crippen molar-refractivity contribution in [3.8, 4) is 11.3 Å². The second-order valence-corrected chi connectivity index (χ2v) is 4.35. The zero-order valence-corrected chi connectivity index (χ0v) is 11.1. The first-order chi connectivity index (χ1) is 7.79. The Morgan fingerprint density at radius 1 is 1.31 bits per heavy atom. The molecule has 0 saturated carbocycles. The molecule has 0 aliphatic heterocycles. The third-order valence-electron chi connectivity index (χ3n) is 2.32. The van der Waals surface area contributed by atoms with Crippen LogP contribution >= 0.6 is 22.6 Å². The Morgan fingerprint density at radius 3 is 2.62 bits per heavy atom. The number of nitrogens with zero attached hydrogens (tertiary/aromatic N) is 1. The molecule has 0 saturated heterocycles. The van der Waals surface area contributed by atoms with Gasteiger partial charge in [-0.1, -0.05) is 24.3 Å². The van der Waals surface area contributed by atoms with Crippen LogP contribution < -0.4 is 0 Å². The van der Waals surface area contributed by atoms with Gasteiger partial charge in [-0.05, 0) is 12.0 Å². The molecule has 2 rings (SSSR count). The summed E-state index contributed by atoms with van der Waals surface area (Å²) in [5, 5.41) is 0. The summed E-state index contributed by atoms with van der Waals surface area (Å²) in [5.41, 5.74) is 3.22. The number of ether oxygens (including phenoxy) is 1. The highest BCUT2D eigenvalue weighted by molar-refractivity contribution is 14.1. The molecule has 0 aliphatic carbocycles. The van der Waals surface area contributed by atoms with Gasteiger partial charge in [0, 0.05) is 35.3 Å². The number of benzene rings is 1. The van der Waals surface area contributed by atoms with Crippen LogP contribution in [-0.2, 0) is 11.2 Å². The molecular weight excluding hydrogens is 317 g/mol. The lowest BCUT2D eigenvalue weighted by Gasteiger charge is -2.01. The molecule has 3 nitrogen and oxygen atoms in total. The first-order valence-corrected chi connectivity index (χ1v) is 6.07. The monoisotopic (exact) mass is 329 g/mol.